The molecule has 20 heavy (non-hydrogen) atoms. The SMILES string of the molecule is O=C(Cn1ccnc1)c1cc2c(s1)CC(C(=O)O)CC2. The van der Waals surface area contributed by atoms with Gasteiger partial charge in [0.2, 0.25) is 0 Å². The summed E-state index contributed by atoms with van der Waals surface area (Å²) in [5.41, 5.74) is 1.14. The maximum atomic E-state index is 12.2. The molecule has 2 aromatic rings. The van der Waals surface area contributed by atoms with Gasteiger partial charge in [0.15, 0.2) is 5.78 Å². The Balaban J connectivity index is 1.76. The largest absolute Gasteiger partial charge is 0.481 e. The van der Waals surface area contributed by atoms with E-state index >= 15 is 0 Å². The molecule has 2 aromatic heterocycles. The minimum Gasteiger partial charge on any atom is -0.481 e. The van der Waals surface area contributed by atoms with Crippen molar-refractivity contribution in [3.8, 4) is 0 Å². The molecular formula is C14H14N2O3S. The molecule has 0 bridgehead atoms. The minimum atomic E-state index is -0.740. The normalized spacial score (nSPS) is 17.7. The van der Waals surface area contributed by atoms with Gasteiger partial charge in [-0.05, 0) is 30.9 Å². The summed E-state index contributed by atoms with van der Waals surface area (Å²) in [7, 11) is 0. The van der Waals surface area contributed by atoms with Gasteiger partial charge in [-0.15, -0.1) is 11.3 Å². The number of carboxylic acids is 1. The first kappa shape index (κ1) is 13.1. The van der Waals surface area contributed by atoms with Crippen molar-refractivity contribution in [2.24, 2.45) is 5.92 Å². The summed E-state index contributed by atoms with van der Waals surface area (Å²) in [5, 5.41) is 9.08. The Labute approximate surface area is 119 Å². The maximum Gasteiger partial charge on any atom is 0.306 e. The average Bonchev–Trinajstić information content (AvgIpc) is 3.05. The van der Waals surface area contributed by atoms with Crippen LogP contribution in [0.4, 0.5) is 0 Å². The molecule has 1 aliphatic rings. The molecule has 1 atom stereocenters. The van der Waals surface area contributed by atoms with Crippen LogP contribution in [0.2, 0.25) is 0 Å². The number of fused-ring (bicyclic) bond motifs is 1. The van der Waals surface area contributed by atoms with Crippen molar-refractivity contribution < 1.29 is 14.7 Å². The third-order valence-electron chi connectivity index (χ3n) is 3.60. The molecular weight excluding hydrogens is 276 g/mol. The summed E-state index contributed by atoms with van der Waals surface area (Å²) < 4.78 is 1.74. The van der Waals surface area contributed by atoms with E-state index in [1.807, 2.05) is 6.07 Å². The van der Waals surface area contributed by atoms with Gasteiger partial charge < -0.3 is 9.67 Å². The molecule has 0 amide bonds. The van der Waals surface area contributed by atoms with Gasteiger partial charge in [-0.1, -0.05) is 0 Å². The molecule has 0 saturated heterocycles. The van der Waals surface area contributed by atoms with Crippen LogP contribution < -0.4 is 0 Å². The number of hydrogen-bond acceptors (Lipinski definition) is 4. The summed E-state index contributed by atoms with van der Waals surface area (Å²) in [6, 6.07) is 1.93. The summed E-state index contributed by atoms with van der Waals surface area (Å²) in [4.78, 5) is 28.9. The number of ketones is 1. The van der Waals surface area contributed by atoms with Gasteiger partial charge in [0.1, 0.15) is 0 Å². The molecule has 1 N–H and O–H groups in total. The van der Waals surface area contributed by atoms with Crippen molar-refractivity contribution in [1.29, 1.82) is 0 Å². The van der Waals surface area contributed by atoms with Crippen LogP contribution in [0.25, 0.3) is 0 Å². The number of carbonyl (C=O) groups excluding carboxylic acids is 1. The van der Waals surface area contributed by atoms with Gasteiger partial charge in [0.25, 0.3) is 0 Å². The molecule has 0 aromatic carbocycles. The second-order valence-electron chi connectivity index (χ2n) is 5.00. The standard InChI is InChI=1S/C14H14N2O3S/c17-11(7-16-4-3-15-8-16)13-5-9-1-2-10(14(18)19)6-12(9)20-13/h3-5,8,10H,1-2,6-7H2,(H,18,19). The van der Waals surface area contributed by atoms with Gasteiger partial charge in [-0.2, -0.15) is 0 Å². The second-order valence-corrected chi connectivity index (χ2v) is 6.13. The van der Waals surface area contributed by atoms with E-state index in [4.69, 9.17) is 5.11 Å². The number of aliphatic carboxylic acids is 1. The fourth-order valence-corrected chi connectivity index (χ4v) is 3.70. The monoisotopic (exact) mass is 290 g/mol. The van der Waals surface area contributed by atoms with E-state index in [1.54, 1.807) is 23.3 Å². The first-order valence-corrected chi connectivity index (χ1v) is 7.28. The first-order valence-electron chi connectivity index (χ1n) is 6.47. The molecule has 6 heteroatoms. The van der Waals surface area contributed by atoms with E-state index in [2.05, 4.69) is 4.98 Å². The third kappa shape index (κ3) is 2.51. The molecule has 2 heterocycles. The Bertz CT molecular complexity index is 645. The van der Waals surface area contributed by atoms with Crippen molar-refractivity contribution >= 4 is 23.1 Å². The van der Waals surface area contributed by atoms with Crippen molar-refractivity contribution in [2.45, 2.75) is 25.8 Å². The van der Waals surface area contributed by atoms with Gasteiger partial charge in [-0.25, -0.2) is 4.98 Å². The molecule has 3 rings (SSSR count). The van der Waals surface area contributed by atoms with Crippen LogP contribution in [0.1, 0.15) is 26.5 Å². The van der Waals surface area contributed by atoms with E-state index in [-0.39, 0.29) is 18.2 Å². The number of Topliss-reactive ketones (excluding diaryl/α,β-unsaturated/α-hetero) is 1. The van der Waals surface area contributed by atoms with Crippen molar-refractivity contribution in [1.82, 2.24) is 9.55 Å². The molecule has 0 spiro atoms. The summed E-state index contributed by atoms with van der Waals surface area (Å²) in [5.74, 6) is -0.998. The van der Waals surface area contributed by atoms with Crippen LogP contribution in [-0.2, 0) is 24.2 Å². The predicted octanol–water partition coefficient (Wildman–Crippen LogP) is 2.02. The number of carbonyl (C=O) groups is 2. The fourth-order valence-electron chi connectivity index (χ4n) is 2.48. The topological polar surface area (TPSA) is 72.2 Å². The van der Waals surface area contributed by atoms with E-state index in [0.717, 1.165) is 21.7 Å². The highest BCUT2D eigenvalue weighted by atomic mass is 32.1. The lowest BCUT2D eigenvalue weighted by Crippen LogP contribution is -2.20. The maximum absolute atomic E-state index is 12.2. The minimum absolute atomic E-state index is 0.0503. The Hall–Kier alpha value is -1.95. The number of imidazole rings is 1. The number of nitrogens with zero attached hydrogens (tertiary/aromatic N) is 2. The molecule has 0 aliphatic heterocycles. The molecule has 5 nitrogen and oxygen atoms in total. The number of hydrogen-bond donors (Lipinski definition) is 1. The third-order valence-corrected chi connectivity index (χ3v) is 4.84. The number of carboxylic acid groups (broad SMARTS) is 1. The predicted molar refractivity (Wildman–Crippen MR) is 74.0 cm³/mol. The number of thiophene rings is 1. The van der Waals surface area contributed by atoms with E-state index in [9.17, 15) is 9.59 Å². The Morgan fingerprint density at radius 1 is 1.50 bits per heavy atom. The summed E-state index contributed by atoms with van der Waals surface area (Å²) in [6.07, 6.45) is 6.98. The summed E-state index contributed by atoms with van der Waals surface area (Å²) in [6.45, 7) is 0.280. The zero-order chi connectivity index (χ0) is 14.1. The van der Waals surface area contributed by atoms with Crippen molar-refractivity contribution in [3.05, 3.63) is 40.1 Å². The summed E-state index contributed by atoms with van der Waals surface area (Å²) >= 11 is 1.44. The lowest BCUT2D eigenvalue weighted by atomic mass is 9.89. The number of rotatable bonds is 4. The van der Waals surface area contributed by atoms with Crippen LogP contribution >= 0.6 is 11.3 Å². The van der Waals surface area contributed by atoms with E-state index in [1.165, 1.54) is 11.3 Å². The van der Waals surface area contributed by atoms with Gasteiger partial charge in [0, 0.05) is 17.3 Å². The zero-order valence-electron chi connectivity index (χ0n) is 10.8. The molecule has 0 saturated carbocycles. The van der Waals surface area contributed by atoms with Gasteiger partial charge in [-0.3, -0.25) is 9.59 Å². The van der Waals surface area contributed by atoms with Gasteiger partial charge in [0.05, 0.1) is 23.7 Å². The molecule has 1 aliphatic carbocycles. The quantitative estimate of drug-likeness (QED) is 0.874. The van der Waals surface area contributed by atoms with Crippen LogP contribution in [0, 0.1) is 5.92 Å². The zero-order valence-corrected chi connectivity index (χ0v) is 11.6. The Morgan fingerprint density at radius 2 is 2.35 bits per heavy atom. The number of aromatic nitrogens is 2. The van der Waals surface area contributed by atoms with E-state index in [0.29, 0.717) is 12.8 Å². The molecule has 0 radical (unpaired) electrons. The van der Waals surface area contributed by atoms with Crippen LogP contribution in [0.3, 0.4) is 0 Å². The lowest BCUT2D eigenvalue weighted by Gasteiger charge is -2.17. The smallest absolute Gasteiger partial charge is 0.306 e. The highest BCUT2D eigenvalue weighted by molar-refractivity contribution is 7.14. The first-order chi connectivity index (χ1) is 9.63. The molecule has 1 unspecified atom stereocenters. The fraction of sp³-hybridized carbons (Fsp3) is 0.357. The van der Waals surface area contributed by atoms with Gasteiger partial charge >= 0.3 is 5.97 Å². The Kier molecular flexibility index (Phi) is 3.40. The van der Waals surface area contributed by atoms with E-state index < -0.39 is 5.97 Å². The Morgan fingerprint density at radius 3 is 3.05 bits per heavy atom. The number of aryl methyl sites for hydroxylation is 1. The highest BCUT2D eigenvalue weighted by Gasteiger charge is 2.27. The second kappa shape index (κ2) is 5.20. The van der Waals surface area contributed by atoms with Crippen molar-refractivity contribution in [3.63, 3.8) is 0 Å². The highest BCUT2D eigenvalue weighted by Crippen LogP contribution is 2.33. The lowest BCUT2D eigenvalue weighted by molar-refractivity contribution is -0.142. The van der Waals surface area contributed by atoms with Crippen molar-refractivity contribution in [2.75, 3.05) is 0 Å². The van der Waals surface area contributed by atoms with Crippen LogP contribution in [0.15, 0.2) is 24.8 Å². The molecule has 0 fully saturated rings. The average molecular weight is 290 g/mol. The van der Waals surface area contributed by atoms with Crippen LogP contribution in [0.5, 0.6) is 0 Å². The molecule has 104 valence electrons. The van der Waals surface area contributed by atoms with Crippen LogP contribution in [-0.4, -0.2) is 26.4 Å².